The molecular weight excluding hydrogens is 268 g/mol. The fourth-order valence-electron chi connectivity index (χ4n) is 2.50. The maximum absolute atomic E-state index is 12.1. The van der Waals surface area contributed by atoms with Gasteiger partial charge in [0, 0.05) is 18.7 Å². The molecule has 0 saturated carbocycles. The third kappa shape index (κ3) is 2.97. The van der Waals surface area contributed by atoms with E-state index in [1.54, 1.807) is 0 Å². The minimum atomic E-state index is -0.234. The molecule has 0 saturated heterocycles. The lowest BCUT2D eigenvalue weighted by atomic mass is 9.93. The Labute approximate surface area is 122 Å². The maximum Gasteiger partial charge on any atom is 0.253 e. The van der Waals surface area contributed by atoms with E-state index in [2.05, 4.69) is 10.3 Å². The number of rotatable bonds is 3. The summed E-state index contributed by atoms with van der Waals surface area (Å²) in [7, 11) is 0. The van der Waals surface area contributed by atoms with E-state index in [9.17, 15) is 9.90 Å². The zero-order chi connectivity index (χ0) is 14.7. The fourth-order valence-corrected chi connectivity index (χ4v) is 2.50. The van der Waals surface area contributed by atoms with Crippen molar-refractivity contribution in [3.05, 3.63) is 53.9 Å². The number of ether oxygens (including phenoxy) is 1. The molecule has 1 aliphatic heterocycles. The molecule has 1 atom stereocenters. The van der Waals surface area contributed by atoms with Gasteiger partial charge in [-0.3, -0.25) is 9.78 Å². The number of amides is 1. The van der Waals surface area contributed by atoms with E-state index >= 15 is 0 Å². The summed E-state index contributed by atoms with van der Waals surface area (Å²) in [6, 6.07) is 9.30. The van der Waals surface area contributed by atoms with E-state index in [0.29, 0.717) is 18.7 Å². The van der Waals surface area contributed by atoms with Crippen molar-refractivity contribution in [3.8, 4) is 11.5 Å². The Morgan fingerprint density at radius 3 is 3.10 bits per heavy atom. The predicted molar refractivity (Wildman–Crippen MR) is 77.5 cm³/mol. The van der Waals surface area contributed by atoms with Crippen molar-refractivity contribution in [1.82, 2.24) is 10.3 Å². The van der Waals surface area contributed by atoms with Gasteiger partial charge < -0.3 is 15.2 Å². The molecule has 5 nitrogen and oxygen atoms in total. The quantitative estimate of drug-likeness (QED) is 0.905. The van der Waals surface area contributed by atoms with Gasteiger partial charge in [-0.1, -0.05) is 18.2 Å². The summed E-state index contributed by atoms with van der Waals surface area (Å²) in [6.07, 6.45) is 3.61. The molecule has 2 N–H and O–H groups in total. The normalized spacial score (nSPS) is 16.7. The molecule has 1 aromatic carbocycles. The molecule has 2 heterocycles. The molecule has 0 fully saturated rings. The Balaban J connectivity index is 1.67. The largest absolute Gasteiger partial charge is 0.506 e. The van der Waals surface area contributed by atoms with Crippen LogP contribution >= 0.6 is 0 Å². The minimum Gasteiger partial charge on any atom is -0.506 e. The third-order valence-corrected chi connectivity index (χ3v) is 3.58. The van der Waals surface area contributed by atoms with Crippen molar-refractivity contribution in [2.45, 2.75) is 12.3 Å². The van der Waals surface area contributed by atoms with Crippen molar-refractivity contribution in [3.63, 3.8) is 0 Å². The maximum atomic E-state index is 12.1. The second-order valence-electron chi connectivity index (χ2n) is 5.01. The van der Waals surface area contributed by atoms with E-state index < -0.39 is 0 Å². The topological polar surface area (TPSA) is 71.5 Å². The summed E-state index contributed by atoms with van der Waals surface area (Å²) in [5.41, 5.74) is 1.48. The predicted octanol–water partition coefficient (Wildman–Crippen LogP) is 2.08. The molecule has 108 valence electrons. The van der Waals surface area contributed by atoms with Crippen molar-refractivity contribution in [2.75, 3.05) is 13.2 Å². The standard InChI is InChI=1S/C16H16N2O3/c19-13-7-12(8-17-10-13)16(20)18-9-11-5-6-21-15-4-2-1-3-14(11)15/h1-4,7-8,10-11,19H,5-6,9H2,(H,18,20). The second kappa shape index (κ2) is 5.83. The minimum absolute atomic E-state index is 0.0148. The van der Waals surface area contributed by atoms with Gasteiger partial charge in [0.15, 0.2) is 0 Å². The van der Waals surface area contributed by atoms with Crippen LogP contribution < -0.4 is 10.1 Å². The highest BCUT2D eigenvalue weighted by molar-refractivity contribution is 5.94. The van der Waals surface area contributed by atoms with Gasteiger partial charge in [0.1, 0.15) is 11.5 Å². The van der Waals surface area contributed by atoms with Crippen LogP contribution in [0.3, 0.4) is 0 Å². The van der Waals surface area contributed by atoms with Gasteiger partial charge in [-0.05, 0) is 24.1 Å². The Hall–Kier alpha value is -2.56. The SMILES string of the molecule is O=C(NCC1CCOc2ccccc21)c1cncc(O)c1. The molecule has 0 spiro atoms. The smallest absolute Gasteiger partial charge is 0.253 e. The van der Waals surface area contributed by atoms with Crippen LogP contribution in [0.25, 0.3) is 0 Å². The van der Waals surface area contributed by atoms with Gasteiger partial charge in [-0.2, -0.15) is 0 Å². The number of fused-ring (bicyclic) bond motifs is 1. The van der Waals surface area contributed by atoms with Gasteiger partial charge in [-0.25, -0.2) is 0 Å². The number of hydrogen-bond donors (Lipinski definition) is 2. The number of aromatic nitrogens is 1. The first-order valence-corrected chi connectivity index (χ1v) is 6.88. The highest BCUT2D eigenvalue weighted by Gasteiger charge is 2.21. The Morgan fingerprint density at radius 1 is 1.38 bits per heavy atom. The number of hydrogen-bond acceptors (Lipinski definition) is 4. The summed E-state index contributed by atoms with van der Waals surface area (Å²) < 4.78 is 5.61. The average molecular weight is 284 g/mol. The van der Waals surface area contributed by atoms with Gasteiger partial charge in [-0.15, -0.1) is 0 Å². The van der Waals surface area contributed by atoms with Crippen LogP contribution in [0.5, 0.6) is 11.5 Å². The molecule has 1 aliphatic rings. The van der Waals surface area contributed by atoms with E-state index in [1.165, 1.54) is 18.5 Å². The van der Waals surface area contributed by atoms with Crippen LogP contribution in [0, 0.1) is 0 Å². The second-order valence-corrected chi connectivity index (χ2v) is 5.01. The van der Waals surface area contributed by atoms with E-state index in [0.717, 1.165) is 17.7 Å². The van der Waals surface area contributed by atoms with Crippen LogP contribution in [0.2, 0.25) is 0 Å². The molecule has 21 heavy (non-hydrogen) atoms. The molecule has 1 aromatic heterocycles. The molecule has 0 radical (unpaired) electrons. The Bertz CT molecular complexity index is 657. The molecule has 0 aliphatic carbocycles. The van der Waals surface area contributed by atoms with E-state index in [-0.39, 0.29) is 17.6 Å². The number of carbonyl (C=O) groups excluding carboxylic acids is 1. The zero-order valence-electron chi connectivity index (χ0n) is 11.5. The molecular formula is C16H16N2O3. The number of para-hydroxylation sites is 1. The first-order chi connectivity index (χ1) is 10.2. The third-order valence-electron chi connectivity index (χ3n) is 3.58. The number of aromatic hydroxyl groups is 1. The lowest BCUT2D eigenvalue weighted by Crippen LogP contribution is -2.30. The van der Waals surface area contributed by atoms with Crippen molar-refractivity contribution < 1.29 is 14.6 Å². The lowest BCUT2D eigenvalue weighted by molar-refractivity contribution is 0.0947. The zero-order valence-corrected chi connectivity index (χ0v) is 11.5. The van der Waals surface area contributed by atoms with Gasteiger partial charge in [0.25, 0.3) is 5.91 Å². The number of carbonyl (C=O) groups is 1. The lowest BCUT2D eigenvalue weighted by Gasteiger charge is -2.26. The van der Waals surface area contributed by atoms with Gasteiger partial charge in [0.2, 0.25) is 0 Å². The summed E-state index contributed by atoms with van der Waals surface area (Å²) in [4.78, 5) is 15.9. The number of pyridine rings is 1. The van der Waals surface area contributed by atoms with Crippen LogP contribution in [0.4, 0.5) is 0 Å². The molecule has 2 aromatic rings. The van der Waals surface area contributed by atoms with Gasteiger partial charge in [0.05, 0.1) is 18.4 Å². The highest BCUT2D eigenvalue weighted by Crippen LogP contribution is 2.32. The summed E-state index contributed by atoms with van der Waals surface area (Å²) in [6.45, 7) is 1.19. The van der Waals surface area contributed by atoms with Crippen LogP contribution in [-0.2, 0) is 0 Å². The summed E-state index contributed by atoms with van der Waals surface area (Å²) in [5.74, 6) is 0.882. The van der Waals surface area contributed by atoms with Crippen LogP contribution in [0.1, 0.15) is 28.3 Å². The average Bonchev–Trinajstić information content (AvgIpc) is 2.52. The Kier molecular flexibility index (Phi) is 3.73. The molecule has 1 amide bonds. The summed E-state index contributed by atoms with van der Waals surface area (Å²) >= 11 is 0. The number of benzene rings is 1. The molecule has 0 bridgehead atoms. The van der Waals surface area contributed by atoms with E-state index in [1.807, 2.05) is 24.3 Å². The number of nitrogens with one attached hydrogen (secondary N) is 1. The van der Waals surface area contributed by atoms with Gasteiger partial charge >= 0.3 is 0 Å². The van der Waals surface area contributed by atoms with E-state index in [4.69, 9.17) is 4.74 Å². The first kappa shape index (κ1) is 13.4. The fraction of sp³-hybridized carbons (Fsp3) is 0.250. The van der Waals surface area contributed by atoms with Crippen molar-refractivity contribution in [2.24, 2.45) is 0 Å². The Morgan fingerprint density at radius 2 is 2.24 bits per heavy atom. The molecule has 3 rings (SSSR count). The van der Waals surface area contributed by atoms with Crippen LogP contribution in [0.15, 0.2) is 42.7 Å². The highest BCUT2D eigenvalue weighted by atomic mass is 16.5. The van der Waals surface area contributed by atoms with Crippen molar-refractivity contribution in [1.29, 1.82) is 0 Å². The molecule has 1 unspecified atom stereocenters. The summed E-state index contributed by atoms with van der Waals surface area (Å²) in [5, 5.41) is 12.2. The first-order valence-electron chi connectivity index (χ1n) is 6.88. The monoisotopic (exact) mass is 284 g/mol. The molecule has 5 heteroatoms. The number of nitrogens with zero attached hydrogens (tertiary/aromatic N) is 1. The van der Waals surface area contributed by atoms with Crippen LogP contribution in [-0.4, -0.2) is 29.1 Å². The van der Waals surface area contributed by atoms with Crippen molar-refractivity contribution >= 4 is 5.91 Å².